The topological polar surface area (TPSA) is 52.6 Å². The minimum Gasteiger partial charge on any atom is -0.466 e. The number of halogens is 2. The molecule has 188 valence electrons. The highest BCUT2D eigenvalue weighted by Gasteiger charge is 2.11. The molecule has 1 aromatic rings. The third-order valence-corrected chi connectivity index (χ3v) is 5.69. The van der Waals surface area contributed by atoms with Crippen LogP contribution >= 0.6 is 0 Å². The second kappa shape index (κ2) is 19.5. The first kappa shape index (κ1) is 29.1. The van der Waals surface area contributed by atoms with Gasteiger partial charge in [-0.25, -0.2) is 8.78 Å². The van der Waals surface area contributed by atoms with Gasteiger partial charge in [-0.3, -0.25) is 9.59 Å². The molecule has 0 aliphatic carbocycles. The second-order valence-corrected chi connectivity index (χ2v) is 8.71. The predicted molar refractivity (Wildman–Crippen MR) is 127 cm³/mol. The number of carbonyl (C=O) groups excluding carboxylic acids is 2. The van der Waals surface area contributed by atoms with Crippen molar-refractivity contribution < 1.29 is 27.8 Å². The Labute approximate surface area is 198 Å². The molecule has 0 radical (unpaired) electrons. The van der Waals surface area contributed by atoms with Gasteiger partial charge < -0.3 is 9.47 Å². The molecule has 0 heterocycles. The molecule has 0 saturated heterocycles. The molecule has 33 heavy (non-hydrogen) atoms. The van der Waals surface area contributed by atoms with Gasteiger partial charge in [0.05, 0.1) is 19.4 Å². The molecular formula is C27H42F2O4. The average Bonchev–Trinajstić information content (AvgIpc) is 2.80. The number of ether oxygens (including phenoxy) is 2. The lowest BCUT2D eigenvalue weighted by molar-refractivity contribution is -0.151. The normalized spacial score (nSPS) is 10.9. The molecule has 1 rings (SSSR count). The van der Waals surface area contributed by atoms with Crippen molar-refractivity contribution in [1.29, 1.82) is 0 Å². The van der Waals surface area contributed by atoms with Crippen LogP contribution in [0.15, 0.2) is 18.2 Å². The molecule has 0 aliphatic rings. The molecule has 0 amide bonds. The Morgan fingerprint density at radius 3 is 1.73 bits per heavy atom. The van der Waals surface area contributed by atoms with Gasteiger partial charge in [-0.2, -0.15) is 0 Å². The van der Waals surface area contributed by atoms with E-state index in [4.69, 9.17) is 9.47 Å². The van der Waals surface area contributed by atoms with Gasteiger partial charge in [0, 0.05) is 5.56 Å². The van der Waals surface area contributed by atoms with Crippen LogP contribution in [-0.2, 0) is 25.7 Å². The summed E-state index contributed by atoms with van der Waals surface area (Å²) in [7, 11) is 0. The number of benzene rings is 1. The van der Waals surface area contributed by atoms with Gasteiger partial charge >= 0.3 is 11.9 Å². The fourth-order valence-corrected chi connectivity index (χ4v) is 3.64. The molecule has 4 nitrogen and oxygen atoms in total. The van der Waals surface area contributed by atoms with E-state index in [0.717, 1.165) is 37.5 Å². The average molecular weight is 469 g/mol. The van der Waals surface area contributed by atoms with Gasteiger partial charge in [-0.15, -0.1) is 0 Å². The Hall–Kier alpha value is -1.98. The molecular weight excluding hydrogens is 426 g/mol. The largest absolute Gasteiger partial charge is 0.466 e. The van der Waals surface area contributed by atoms with Crippen LogP contribution in [-0.4, -0.2) is 18.5 Å². The Morgan fingerprint density at radius 1 is 0.697 bits per heavy atom. The summed E-state index contributed by atoms with van der Waals surface area (Å²) in [6.07, 6.45) is 17.5. The SMILES string of the molecule is CCCCCCCCCCCCCCCCOC(=O)CCC(=O)OCc1cc(F)ccc1F. The third-order valence-electron chi connectivity index (χ3n) is 5.69. The Balaban J connectivity index is 1.89. The first-order chi connectivity index (χ1) is 16.0. The molecule has 1 aromatic carbocycles. The number of carbonyl (C=O) groups is 2. The molecule has 0 spiro atoms. The molecule has 0 N–H and O–H groups in total. The van der Waals surface area contributed by atoms with Crippen LogP contribution in [0.2, 0.25) is 0 Å². The van der Waals surface area contributed by atoms with Gasteiger partial charge in [0.15, 0.2) is 0 Å². The maximum Gasteiger partial charge on any atom is 0.306 e. The summed E-state index contributed by atoms with van der Waals surface area (Å²) in [6, 6.07) is 2.95. The number of hydrogen-bond donors (Lipinski definition) is 0. The lowest BCUT2D eigenvalue weighted by Gasteiger charge is -2.07. The van der Waals surface area contributed by atoms with E-state index in [1.54, 1.807) is 0 Å². The zero-order valence-electron chi connectivity index (χ0n) is 20.3. The number of rotatable bonds is 20. The monoisotopic (exact) mass is 468 g/mol. The van der Waals surface area contributed by atoms with Crippen molar-refractivity contribution in [3.05, 3.63) is 35.4 Å². The Bertz CT molecular complexity index is 664. The molecule has 0 bridgehead atoms. The Kier molecular flexibility index (Phi) is 17.2. The summed E-state index contributed by atoms with van der Waals surface area (Å²) in [5, 5.41) is 0. The van der Waals surface area contributed by atoms with Crippen molar-refractivity contribution in [2.45, 2.75) is 116 Å². The quantitative estimate of drug-likeness (QED) is 0.145. The van der Waals surface area contributed by atoms with E-state index in [9.17, 15) is 18.4 Å². The highest BCUT2D eigenvalue weighted by molar-refractivity contribution is 5.77. The standard InChI is InChI=1S/C27H42F2O4/c1-2-3-4-5-6-7-8-9-10-11-12-13-14-15-20-32-26(30)18-19-27(31)33-22-23-21-24(28)16-17-25(23)29/h16-17,21H,2-15,18-20,22H2,1H3. The summed E-state index contributed by atoms with van der Waals surface area (Å²) in [6.45, 7) is 2.25. The summed E-state index contributed by atoms with van der Waals surface area (Å²) in [5.41, 5.74) is -0.0382. The maximum absolute atomic E-state index is 13.5. The van der Waals surface area contributed by atoms with Crippen molar-refractivity contribution in [1.82, 2.24) is 0 Å². The van der Waals surface area contributed by atoms with Crippen LogP contribution in [0, 0.1) is 11.6 Å². The van der Waals surface area contributed by atoms with Crippen molar-refractivity contribution in [2.24, 2.45) is 0 Å². The van der Waals surface area contributed by atoms with E-state index >= 15 is 0 Å². The van der Waals surface area contributed by atoms with Crippen molar-refractivity contribution in [3.63, 3.8) is 0 Å². The number of unbranched alkanes of at least 4 members (excludes halogenated alkanes) is 13. The van der Waals surface area contributed by atoms with Crippen LogP contribution in [0.1, 0.15) is 115 Å². The van der Waals surface area contributed by atoms with Crippen LogP contribution in [0.4, 0.5) is 8.78 Å². The first-order valence-corrected chi connectivity index (χ1v) is 12.8. The zero-order valence-corrected chi connectivity index (χ0v) is 20.3. The molecule has 0 unspecified atom stereocenters. The highest BCUT2D eigenvalue weighted by atomic mass is 19.1. The van der Waals surface area contributed by atoms with E-state index in [2.05, 4.69) is 6.92 Å². The molecule has 0 saturated carbocycles. The summed E-state index contributed by atoms with van der Waals surface area (Å²) in [4.78, 5) is 23.4. The van der Waals surface area contributed by atoms with E-state index < -0.39 is 23.6 Å². The molecule has 0 atom stereocenters. The van der Waals surface area contributed by atoms with Crippen LogP contribution in [0.3, 0.4) is 0 Å². The second-order valence-electron chi connectivity index (χ2n) is 8.71. The van der Waals surface area contributed by atoms with Crippen LogP contribution in [0.25, 0.3) is 0 Å². The van der Waals surface area contributed by atoms with Crippen LogP contribution in [0.5, 0.6) is 0 Å². The molecule has 0 aromatic heterocycles. The summed E-state index contributed by atoms with van der Waals surface area (Å²) >= 11 is 0. The number of esters is 2. The lowest BCUT2D eigenvalue weighted by atomic mass is 10.0. The lowest BCUT2D eigenvalue weighted by Crippen LogP contribution is -2.11. The van der Waals surface area contributed by atoms with E-state index in [1.807, 2.05) is 0 Å². The van der Waals surface area contributed by atoms with Crippen LogP contribution < -0.4 is 0 Å². The van der Waals surface area contributed by atoms with Crippen molar-refractivity contribution in [3.8, 4) is 0 Å². The minimum atomic E-state index is -0.646. The smallest absolute Gasteiger partial charge is 0.306 e. The summed E-state index contributed by atoms with van der Waals surface area (Å²) < 4.78 is 36.6. The fourth-order valence-electron chi connectivity index (χ4n) is 3.64. The van der Waals surface area contributed by atoms with Gasteiger partial charge in [0.25, 0.3) is 0 Å². The predicted octanol–water partition coefficient (Wildman–Crippen LogP) is 7.81. The summed E-state index contributed by atoms with van der Waals surface area (Å²) in [5.74, 6) is -2.34. The van der Waals surface area contributed by atoms with Crippen molar-refractivity contribution >= 4 is 11.9 Å². The van der Waals surface area contributed by atoms with E-state index in [-0.39, 0.29) is 25.0 Å². The maximum atomic E-state index is 13.5. The van der Waals surface area contributed by atoms with E-state index in [1.165, 1.54) is 70.6 Å². The van der Waals surface area contributed by atoms with Gasteiger partial charge in [-0.05, 0) is 24.6 Å². The van der Waals surface area contributed by atoms with Gasteiger partial charge in [0.1, 0.15) is 18.2 Å². The van der Waals surface area contributed by atoms with Gasteiger partial charge in [-0.1, -0.05) is 90.4 Å². The molecule has 0 fully saturated rings. The van der Waals surface area contributed by atoms with E-state index in [0.29, 0.717) is 6.61 Å². The first-order valence-electron chi connectivity index (χ1n) is 12.8. The third kappa shape index (κ3) is 16.3. The molecule has 6 heteroatoms. The van der Waals surface area contributed by atoms with Crippen molar-refractivity contribution in [2.75, 3.05) is 6.61 Å². The zero-order chi connectivity index (χ0) is 24.2. The number of hydrogen-bond acceptors (Lipinski definition) is 4. The molecule has 0 aliphatic heterocycles. The minimum absolute atomic E-state index is 0.0382. The van der Waals surface area contributed by atoms with Gasteiger partial charge in [0.2, 0.25) is 0 Å². The highest BCUT2D eigenvalue weighted by Crippen LogP contribution is 2.14. The Morgan fingerprint density at radius 2 is 1.18 bits per heavy atom. The fraction of sp³-hybridized carbons (Fsp3) is 0.704.